The number of likely N-dealkylation sites (N-methyl/N-ethyl adjacent to an activating group) is 1. The van der Waals surface area contributed by atoms with Gasteiger partial charge in [-0.3, -0.25) is 28.3 Å². The smallest absolute Gasteiger partial charge is 0.332 e. The average molecular weight is 445 g/mol. The van der Waals surface area contributed by atoms with Crippen LogP contribution < -0.4 is 11.2 Å². The number of likely N-dealkylation sites (tertiary alicyclic amines) is 1. The molecule has 11 nitrogen and oxygen atoms in total. The molecule has 1 aliphatic heterocycles. The van der Waals surface area contributed by atoms with Gasteiger partial charge in [-0.1, -0.05) is 0 Å². The SMILES string of the molecule is CCOC(=O)C1CCN(C(=O)CN(C)C(=O)c2ccc3c(=O)n(C)c(=O)n(C)c3n2)CC1. The predicted molar refractivity (Wildman–Crippen MR) is 115 cm³/mol. The zero-order valence-corrected chi connectivity index (χ0v) is 18.7. The van der Waals surface area contributed by atoms with Gasteiger partial charge in [-0.05, 0) is 31.9 Å². The first-order valence-electron chi connectivity index (χ1n) is 10.4. The summed E-state index contributed by atoms with van der Waals surface area (Å²) in [6.07, 6.45) is 1.05. The second-order valence-electron chi connectivity index (χ2n) is 7.84. The van der Waals surface area contributed by atoms with Crippen LogP contribution in [-0.4, -0.2) is 75.0 Å². The molecule has 0 saturated carbocycles. The summed E-state index contributed by atoms with van der Waals surface area (Å²) in [7, 11) is 4.33. The number of hydrogen-bond acceptors (Lipinski definition) is 7. The van der Waals surface area contributed by atoms with Gasteiger partial charge in [-0.15, -0.1) is 0 Å². The molecule has 3 heterocycles. The van der Waals surface area contributed by atoms with Crippen LogP contribution in [0.2, 0.25) is 0 Å². The van der Waals surface area contributed by atoms with Gasteiger partial charge in [0.1, 0.15) is 11.3 Å². The standard InChI is InChI=1S/C21H27N5O6/c1-5-32-20(30)13-8-10-26(11-9-13)16(27)12-23(2)19(29)15-7-6-14-17(22-15)24(3)21(31)25(4)18(14)28/h6-7,13H,5,8-12H2,1-4H3. The number of aryl methyl sites for hydroxylation is 1. The number of rotatable bonds is 5. The Hall–Kier alpha value is -3.50. The number of amides is 2. The van der Waals surface area contributed by atoms with Crippen molar-refractivity contribution in [2.75, 3.05) is 33.3 Å². The summed E-state index contributed by atoms with van der Waals surface area (Å²) in [5, 5.41) is 0.217. The van der Waals surface area contributed by atoms with Gasteiger partial charge in [-0.25, -0.2) is 9.78 Å². The van der Waals surface area contributed by atoms with Gasteiger partial charge in [0.05, 0.1) is 24.5 Å². The molecule has 1 saturated heterocycles. The summed E-state index contributed by atoms with van der Waals surface area (Å²) in [6.45, 7) is 2.77. The lowest BCUT2D eigenvalue weighted by Crippen LogP contribution is -2.45. The third-order valence-electron chi connectivity index (χ3n) is 5.71. The topological polar surface area (TPSA) is 124 Å². The van der Waals surface area contributed by atoms with Crippen LogP contribution in [0, 0.1) is 5.92 Å². The molecule has 3 rings (SSSR count). The maximum absolute atomic E-state index is 12.8. The Morgan fingerprint density at radius 2 is 1.78 bits per heavy atom. The fourth-order valence-corrected chi connectivity index (χ4v) is 3.77. The number of carbonyl (C=O) groups excluding carboxylic acids is 3. The first kappa shape index (κ1) is 23.2. The van der Waals surface area contributed by atoms with Crippen LogP contribution in [0.5, 0.6) is 0 Å². The monoisotopic (exact) mass is 445 g/mol. The van der Waals surface area contributed by atoms with Crippen LogP contribution in [0.1, 0.15) is 30.3 Å². The van der Waals surface area contributed by atoms with Crippen molar-refractivity contribution in [1.82, 2.24) is 23.9 Å². The van der Waals surface area contributed by atoms with E-state index in [1.807, 2.05) is 0 Å². The van der Waals surface area contributed by atoms with E-state index in [9.17, 15) is 24.0 Å². The summed E-state index contributed by atoms with van der Waals surface area (Å²) in [5.41, 5.74) is -0.916. The van der Waals surface area contributed by atoms with Gasteiger partial charge in [-0.2, -0.15) is 0 Å². The summed E-state index contributed by atoms with van der Waals surface area (Å²) in [6, 6.07) is 2.86. The van der Waals surface area contributed by atoms with E-state index in [-0.39, 0.29) is 41.1 Å². The van der Waals surface area contributed by atoms with Gasteiger partial charge in [0, 0.05) is 34.2 Å². The molecule has 172 valence electrons. The van der Waals surface area contributed by atoms with E-state index < -0.39 is 17.2 Å². The lowest BCUT2D eigenvalue weighted by atomic mass is 9.97. The number of esters is 1. The fourth-order valence-electron chi connectivity index (χ4n) is 3.77. The van der Waals surface area contributed by atoms with Crippen molar-refractivity contribution < 1.29 is 19.1 Å². The van der Waals surface area contributed by atoms with E-state index in [4.69, 9.17) is 4.74 Å². The van der Waals surface area contributed by atoms with Crippen LogP contribution in [0.25, 0.3) is 11.0 Å². The van der Waals surface area contributed by atoms with E-state index in [0.717, 1.165) is 4.57 Å². The van der Waals surface area contributed by atoms with E-state index in [0.29, 0.717) is 32.5 Å². The molecule has 0 aromatic carbocycles. The van der Waals surface area contributed by atoms with Gasteiger partial charge in [0.15, 0.2) is 0 Å². The normalized spacial score (nSPS) is 14.4. The zero-order valence-electron chi connectivity index (χ0n) is 18.7. The zero-order chi connectivity index (χ0) is 23.6. The average Bonchev–Trinajstić information content (AvgIpc) is 2.80. The minimum Gasteiger partial charge on any atom is -0.466 e. The Morgan fingerprint density at radius 3 is 2.41 bits per heavy atom. The van der Waals surface area contributed by atoms with Crippen molar-refractivity contribution in [3.63, 3.8) is 0 Å². The number of piperidine rings is 1. The highest BCUT2D eigenvalue weighted by Crippen LogP contribution is 2.19. The molecule has 0 unspecified atom stereocenters. The Balaban J connectivity index is 1.69. The minimum atomic E-state index is -0.547. The maximum Gasteiger partial charge on any atom is 0.332 e. The summed E-state index contributed by atoms with van der Waals surface area (Å²) in [4.78, 5) is 68.8. The molecule has 2 aromatic rings. The Morgan fingerprint density at radius 1 is 1.12 bits per heavy atom. The first-order chi connectivity index (χ1) is 15.1. The largest absolute Gasteiger partial charge is 0.466 e. The maximum atomic E-state index is 12.8. The highest BCUT2D eigenvalue weighted by molar-refractivity contribution is 5.96. The fraction of sp³-hybridized carbons (Fsp3) is 0.524. The number of carbonyl (C=O) groups is 3. The molecule has 0 spiro atoms. The Labute approximate surface area is 184 Å². The molecule has 0 N–H and O–H groups in total. The molecule has 0 atom stereocenters. The van der Waals surface area contributed by atoms with Gasteiger partial charge >= 0.3 is 11.7 Å². The molecular weight excluding hydrogens is 418 g/mol. The third kappa shape index (κ3) is 4.41. The molecule has 2 amide bonds. The van der Waals surface area contributed by atoms with Crippen molar-refractivity contribution in [1.29, 1.82) is 0 Å². The number of ether oxygens (including phenoxy) is 1. The molecule has 2 aromatic heterocycles. The molecule has 0 aliphatic carbocycles. The van der Waals surface area contributed by atoms with E-state index >= 15 is 0 Å². The Bertz CT molecular complexity index is 1180. The lowest BCUT2D eigenvalue weighted by molar-refractivity contribution is -0.151. The minimum absolute atomic E-state index is 0.0251. The molecule has 0 radical (unpaired) electrons. The third-order valence-corrected chi connectivity index (χ3v) is 5.71. The number of hydrogen-bond donors (Lipinski definition) is 0. The van der Waals surface area contributed by atoms with Crippen molar-refractivity contribution in [2.45, 2.75) is 19.8 Å². The molecule has 1 fully saturated rings. The van der Waals surface area contributed by atoms with E-state index in [2.05, 4.69) is 4.98 Å². The van der Waals surface area contributed by atoms with Crippen molar-refractivity contribution >= 4 is 28.8 Å². The summed E-state index contributed by atoms with van der Waals surface area (Å²) in [5.74, 6) is -1.18. The molecular formula is C21H27N5O6. The van der Waals surface area contributed by atoms with Crippen LogP contribution >= 0.6 is 0 Å². The van der Waals surface area contributed by atoms with E-state index in [1.54, 1.807) is 11.8 Å². The highest BCUT2D eigenvalue weighted by Gasteiger charge is 2.29. The van der Waals surface area contributed by atoms with Gasteiger partial charge in [0.2, 0.25) is 5.91 Å². The van der Waals surface area contributed by atoms with Crippen LogP contribution in [0.4, 0.5) is 0 Å². The van der Waals surface area contributed by atoms with Crippen molar-refractivity contribution in [3.05, 3.63) is 38.7 Å². The second-order valence-corrected chi connectivity index (χ2v) is 7.84. The number of aromatic nitrogens is 3. The molecule has 32 heavy (non-hydrogen) atoms. The summed E-state index contributed by atoms with van der Waals surface area (Å²) >= 11 is 0. The summed E-state index contributed by atoms with van der Waals surface area (Å²) < 4.78 is 7.21. The highest BCUT2D eigenvalue weighted by atomic mass is 16.5. The van der Waals surface area contributed by atoms with E-state index in [1.165, 1.54) is 42.7 Å². The first-order valence-corrected chi connectivity index (χ1v) is 10.4. The number of pyridine rings is 1. The quantitative estimate of drug-likeness (QED) is 0.569. The molecule has 1 aliphatic rings. The molecule has 0 bridgehead atoms. The number of fused-ring (bicyclic) bond motifs is 1. The van der Waals surface area contributed by atoms with Gasteiger partial charge in [0.25, 0.3) is 11.5 Å². The van der Waals surface area contributed by atoms with Crippen LogP contribution in [-0.2, 0) is 28.4 Å². The predicted octanol–water partition coefficient (Wildman–Crippen LogP) is -0.494. The second kappa shape index (κ2) is 9.33. The van der Waals surface area contributed by atoms with Gasteiger partial charge < -0.3 is 14.5 Å². The number of nitrogens with zero attached hydrogens (tertiary/aromatic N) is 5. The lowest BCUT2D eigenvalue weighted by Gasteiger charge is -2.32. The van der Waals surface area contributed by atoms with Crippen LogP contribution in [0.3, 0.4) is 0 Å². The molecule has 11 heteroatoms. The van der Waals surface area contributed by atoms with Crippen molar-refractivity contribution in [2.24, 2.45) is 20.0 Å². The Kier molecular flexibility index (Phi) is 6.75. The van der Waals surface area contributed by atoms with Crippen molar-refractivity contribution in [3.8, 4) is 0 Å². The van der Waals surface area contributed by atoms with Crippen LogP contribution in [0.15, 0.2) is 21.7 Å².